The van der Waals surface area contributed by atoms with E-state index in [1.807, 2.05) is 18.2 Å². The minimum absolute atomic E-state index is 0.609. The molecule has 0 heterocycles. The summed E-state index contributed by atoms with van der Waals surface area (Å²) in [4.78, 5) is 2.53. The number of hydrogen-bond acceptors (Lipinski definition) is 2. The van der Waals surface area contributed by atoms with Crippen molar-refractivity contribution in [3.05, 3.63) is 29.3 Å². The van der Waals surface area contributed by atoms with Gasteiger partial charge in [-0.3, -0.25) is 4.90 Å². The van der Waals surface area contributed by atoms with E-state index in [0.29, 0.717) is 6.04 Å². The first kappa shape index (κ1) is 16.3. The molecule has 0 atom stereocenters. The Bertz CT molecular complexity index is 352. The van der Waals surface area contributed by atoms with Crippen molar-refractivity contribution in [2.75, 3.05) is 25.0 Å². The molecule has 0 radical (unpaired) electrons. The average molecular weight is 283 g/mol. The van der Waals surface area contributed by atoms with Crippen molar-refractivity contribution in [1.82, 2.24) is 4.90 Å². The third-order valence-corrected chi connectivity index (χ3v) is 3.57. The van der Waals surface area contributed by atoms with E-state index in [1.54, 1.807) is 0 Å². The van der Waals surface area contributed by atoms with Crippen LogP contribution in [0.3, 0.4) is 0 Å². The molecule has 1 aromatic rings. The van der Waals surface area contributed by atoms with E-state index in [2.05, 4.69) is 37.1 Å². The van der Waals surface area contributed by atoms with Crippen molar-refractivity contribution in [1.29, 1.82) is 0 Å². The fraction of sp³-hybridized carbons (Fsp3) is 0.625. The molecule has 0 saturated heterocycles. The predicted octanol–water partition coefficient (Wildman–Crippen LogP) is 4.65. The van der Waals surface area contributed by atoms with Gasteiger partial charge in [0.2, 0.25) is 0 Å². The van der Waals surface area contributed by atoms with Crippen molar-refractivity contribution in [3.63, 3.8) is 0 Å². The van der Waals surface area contributed by atoms with Gasteiger partial charge in [0.25, 0.3) is 0 Å². The van der Waals surface area contributed by atoms with Gasteiger partial charge in [-0.1, -0.05) is 37.4 Å². The summed E-state index contributed by atoms with van der Waals surface area (Å²) in [6.07, 6.45) is 3.91. The first-order valence-electron chi connectivity index (χ1n) is 7.37. The van der Waals surface area contributed by atoms with Crippen molar-refractivity contribution in [2.45, 2.75) is 46.1 Å². The maximum absolute atomic E-state index is 5.97. The summed E-state index contributed by atoms with van der Waals surface area (Å²) >= 11 is 5.97. The van der Waals surface area contributed by atoms with Crippen LogP contribution < -0.4 is 5.32 Å². The summed E-state index contributed by atoms with van der Waals surface area (Å²) in [5.41, 5.74) is 1.10. The second-order valence-electron chi connectivity index (χ2n) is 5.27. The number of rotatable bonds is 9. The third-order valence-electron chi connectivity index (χ3n) is 3.33. The van der Waals surface area contributed by atoms with Crippen molar-refractivity contribution >= 4 is 17.3 Å². The number of benzene rings is 1. The van der Waals surface area contributed by atoms with Gasteiger partial charge in [-0.05, 0) is 45.0 Å². The highest BCUT2D eigenvalue weighted by molar-refractivity contribution is 6.30. The van der Waals surface area contributed by atoms with Crippen LogP contribution in [0.25, 0.3) is 0 Å². The smallest absolute Gasteiger partial charge is 0.0426 e. The minimum atomic E-state index is 0.609. The van der Waals surface area contributed by atoms with Crippen molar-refractivity contribution < 1.29 is 0 Å². The van der Waals surface area contributed by atoms with E-state index in [4.69, 9.17) is 11.6 Å². The van der Waals surface area contributed by atoms with Crippen LogP contribution in [-0.2, 0) is 0 Å². The Kier molecular flexibility index (Phi) is 7.92. The largest absolute Gasteiger partial charge is 0.384 e. The molecule has 1 rings (SSSR count). The summed E-state index contributed by atoms with van der Waals surface area (Å²) in [6.45, 7) is 10.0. The molecule has 0 unspecified atom stereocenters. The fourth-order valence-electron chi connectivity index (χ4n) is 2.14. The predicted molar refractivity (Wildman–Crippen MR) is 86.2 cm³/mol. The highest BCUT2D eigenvalue weighted by Gasteiger charge is 2.08. The van der Waals surface area contributed by atoms with Gasteiger partial charge in [0, 0.05) is 29.8 Å². The summed E-state index contributed by atoms with van der Waals surface area (Å²) < 4.78 is 0. The lowest BCUT2D eigenvalue weighted by Gasteiger charge is -2.26. The van der Waals surface area contributed by atoms with Gasteiger partial charge in [0.15, 0.2) is 0 Å². The minimum Gasteiger partial charge on any atom is -0.384 e. The van der Waals surface area contributed by atoms with E-state index >= 15 is 0 Å². The lowest BCUT2D eigenvalue weighted by molar-refractivity contribution is 0.225. The van der Waals surface area contributed by atoms with Gasteiger partial charge in [-0.25, -0.2) is 0 Å². The van der Waals surface area contributed by atoms with Crippen LogP contribution in [0, 0.1) is 0 Å². The molecule has 0 amide bonds. The zero-order chi connectivity index (χ0) is 14.1. The number of anilines is 1. The van der Waals surface area contributed by atoms with Gasteiger partial charge >= 0.3 is 0 Å². The van der Waals surface area contributed by atoms with Gasteiger partial charge in [-0.15, -0.1) is 0 Å². The van der Waals surface area contributed by atoms with Gasteiger partial charge in [-0.2, -0.15) is 0 Å². The molecule has 3 heteroatoms. The normalized spacial score (nSPS) is 11.3. The second kappa shape index (κ2) is 9.22. The second-order valence-corrected chi connectivity index (χ2v) is 5.71. The Morgan fingerprint density at radius 3 is 2.63 bits per heavy atom. The molecule has 1 aromatic carbocycles. The topological polar surface area (TPSA) is 15.3 Å². The molecule has 1 N–H and O–H groups in total. The Balaban J connectivity index is 2.31. The van der Waals surface area contributed by atoms with E-state index in [1.165, 1.54) is 25.8 Å². The molecule has 19 heavy (non-hydrogen) atoms. The van der Waals surface area contributed by atoms with Crippen LogP contribution in [0.5, 0.6) is 0 Å². The Morgan fingerprint density at radius 1 is 1.21 bits per heavy atom. The number of unbranched alkanes of at least 4 members (excludes halogenated alkanes) is 2. The molecule has 2 nitrogen and oxygen atoms in total. The number of hydrogen-bond donors (Lipinski definition) is 1. The van der Waals surface area contributed by atoms with Crippen LogP contribution in [0.15, 0.2) is 24.3 Å². The monoisotopic (exact) mass is 282 g/mol. The van der Waals surface area contributed by atoms with Crippen molar-refractivity contribution in [2.24, 2.45) is 0 Å². The van der Waals surface area contributed by atoms with E-state index in [-0.39, 0.29) is 0 Å². The lowest BCUT2D eigenvalue weighted by atomic mass is 10.2. The highest BCUT2D eigenvalue weighted by Crippen LogP contribution is 2.14. The molecule has 0 spiro atoms. The lowest BCUT2D eigenvalue weighted by Crippen LogP contribution is -2.35. The van der Waals surface area contributed by atoms with Crippen LogP contribution in [0.1, 0.15) is 40.0 Å². The number of halogens is 1. The summed E-state index contributed by atoms with van der Waals surface area (Å²) in [5, 5.41) is 4.22. The Labute approximate surface area is 123 Å². The molecule has 0 aromatic heterocycles. The van der Waals surface area contributed by atoms with Gasteiger partial charge < -0.3 is 5.32 Å². The molecule has 0 bridgehead atoms. The third kappa shape index (κ3) is 6.84. The Hall–Kier alpha value is -0.730. The Morgan fingerprint density at radius 2 is 2.00 bits per heavy atom. The van der Waals surface area contributed by atoms with Crippen LogP contribution in [0.2, 0.25) is 5.02 Å². The first-order valence-corrected chi connectivity index (χ1v) is 7.74. The van der Waals surface area contributed by atoms with Crippen LogP contribution in [-0.4, -0.2) is 30.6 Å². The molecule has 0 saturated carbocycles. The molecular weight excluding hydrogens is 256 g/mol. The summed E-state index contributed by atoms with van der Waals surface area (Å²) in [7, 11) is 0. The number of nitrogens with zero attached hydrogens (tertiary/aromatic N) is 1. The molecular formula is C16H27ClN2. The number of nitrogens with one attached hydrogen (secondary N) is 1. The van der Waals surface area contributed by atoms with Crippen LogP contribution >= 0.6 is 11.6 Å². The standard InChI is InChI=1S/C16H27ClN2/c1-4-5-6-11-19(14(2)3)12-10-18-16-9-7-8-15(17)13-16/h7-9,13-14,18H,4-6,10-12H2,1-3H3. The zero-order valence-corrected chi connectivity index (χ0v) is 13.2. The maximum atomic E-state index is 5.97. The first-order chi connectivity index (χ1) is 9.13. The fourth-order valence-corrected chi connectivity index (χ4v) is 2.33. The van der Waals surface area contributed by atoms with E-state index in [0.717, 1.165) is 23.8 Å². The van der Waals surface area contributed by atoms with E-state index in [9.17, 15) is 0 Å². The van der Waals surface area contributed by atoms with E-state index < -0.39 is 0 Å². The van der Waals surface area contributed by atoms with Gasteiger partial charge in [0.05, 0.1) is 0 Å². The SMILES string of the molecule is CCCCCN(CCNc1cccc(Cl)c1)C(C)C. The molecule has 0 aliphatic carbocycles. The molecule has 108 valence electrons. The molecule has 0 aliphatic rings. The quantitative estimate of drug-likeness (QED) is 0.663. The highest BCUT2D eigenvalue weighted by atomic mass is 35.5. The van der Waals surface area contributed by atoms with Crippen LogP contribution in [0.4, 0.5) is 5.69 Å². The molecule has 0 aliphatic heterocycles. The van der Waals surface area contributed by atoms with Crippen molar-refractivity contribution in [3.8, 4) is 0 Å². The summed E-state index contributed by atoms with van der Waals surface area (Å²) in [5.74, 6) is 0. The van der Waals surface area contributed by atoms with Gasteiger partial charge in [0.1, 0.15) is 0 Å². The maximum Gasteiger partial charge on any atom is 0.0426 e. The average Bonchev–Trinajstić information content (AvgIpc) is 2.37. The zero-order valence-electron chi connectivity index (χ0n) is 12.5. The summed E-state index contributed by atoms with van der Waals surface area (Å²) in [6, 6.07) is 8.52. The molecule has 0 fully saturated rings.